The molecule has 1 atom stereocenters. The van der Waals surface area contributed by atoms with Crippen LogP contribution in [0.5, 0.6) is 5.75 Å². The van der Waals surface area contributed by atoms with Crippen LogP contribution in [0.2, 0.25) is 5.02 Å². The van der Waals surface area contributed by atoms with Crippen molar-refractivity contribution in [2.75, 3.05) is 13.2 Å². The largest absolute Gasteiger partial charge is 0.486 e. The lowest BCUT2D eigenvalue weighted by Crippen LogP contribution is -2.55. The van der Waals surface area contributed by atoms with Gasteiger partial charge in [-0.25, -0.2) is 9.78 Å². The Morgan fingerprint density at radius 2 is 2.15 bits per heavy atom. The van der Waals surface area contributed by atoms with Crippen molar-refractivity contribution in [2.24, 2.45) is 0 Å². The van der Waals surface area contributed by atoms with E-state index in [1.54, 1.807) is 31.2 Å². The number of benzene rings is 1. The van der Waals surface area contributed by atoms with E-state index in [1.165, 1.54) is 11.3 Å². The third kappa shape index (κ3) is 3.98. The van der Waals surface area contributed by atoms with Gasteiger partial charge in [-0.05, 0) is 31.2 Å². The number of hydrogen-bond acceptors (Lipinski definition) is 6. The molecular weight excluding hydrogens is 380 g/mol. The summed E-state index contributed by atoms with van der Waals surface area (Å²) in [5, 5.41) is 13.3. The fraction of sp³-hybridized carbons (Fsp3) is 0.353. The third-order valence-electron chi connectivity index (χ3n) is 4.01. The molecule has 0 spiro atoms. The maximum atomic E-state index is 12.5. The van der Waals surface area contributed by atoms with Gasteiger partial charge in [0, 0.05) is 18.1 Å². The van der Waals surface area contributed by atoms with E-state index in [2.05, 4.69) is 10.3 Å². The first-order valence-corrected chi connectivity index (χ1v) is 9.07. The zero-order chi connectivity index (χ0) is 18.7. The first-order chi connectivity index (χ1) is 12.4. The SMILES string of the molecule is Cc1nc(COc2ccc(Cl)cc2)sc1C(=O)NC1(C(=O)O)CCOC1. The van der Waals surface area contributed by atoms with Gasteiger partial charge < -0.3 is 19.9 Å². The summed E-state index contributed by atoms with van der Waals surface area (Å²) in [6.07, 6.45) is 0.235. The van der Waals surface area contributed by atoms with Crippen molar-refractivity contribution >= 4 is 34.8 Å². The average Bonchev–Trinajstić information content (AvgIpc) is 3.22. The fourth-order valence-electron chi connectivity index (χ4n) is 2.56. The van der Waals surface area contributed by atoms with Crippen molar-refractivity contribution in [3.8, 4) is 5.75 Å². The molecule has 7 nitrogen and oxygen atoms in total. The van der Waals surface area contributed by atoms with E-state index in [4.69, 9.17) is 21.1 Å². The Kier molecular flexibility index (Phi) is 5.45. The molecule has 1 fully saturated rings. The lowest BCUT2D eigenvalue weighted by molar-refractivity contribution is -0.144. The van der Waals surface area contributed by atoms with Crippen LogP contribution in [0.4, 0.5) is 0 Å². The number of carbonyl (C=O) groups excluding carboxylic acids is 1. The summed E-state index contributed by atoms with van der Waals surface area (Å²) in [6.45, 7) is 2.16. The smallest absolute Gasteiger partial charge is 0.331 e. The molecule has 1 aliphatic rings. The topological polar surface area (TPSA) is 97.8 Å². The van der Waals surface area contributed by atoms with Crippen molar-refractivity contribution < 1.29 is 24.2 Å². The molecule has 0 saturated carbocycles. The number of carbonyl (C=O) groups is 2. The van der Waals surface area contributed by atoms with E-state index in [0.717, 1.165) is 0 Å². The number of ether oxygens (including phenoxy) is 2. The van der Waals surface area contributed by atoms with Gasteiger partial charge in [-0.3, -0.25) is 4.79 Å². The normalized spacial score (nSPS) is 19.3. The van der Waals surface area contributed by atoms with Gasteiger partial charge in [-0.2, -0.15) is 0 Å². The van der Waals surface area contributed by atoms with Crippen molar-refractivity contribution in [3.63, 3.8) is 0 Å². The van der Waals surface area contributed by atoms with Crippen LogP contribution in [0.1, 0.15) is 26.8 Å². The molecule has 0 radical (unpaired) electrons. The van der Waals surface area contributed by atoms with Crippen LogP contribution < -0.4 is 10.1 Å². The molecule has 1 aliphatic heterocycles. The molecule has 2 heterocycles. The number of thiazole rings is 1. The highest BCUT2D eigenvalue weighted by molar-refractivity contribution is 7.13. The lowest BCUT2D eigenvalue weighted by Gasteiger charge is -2.23. The minimum absolute atomic E-state index is 0.0432. The summed E-state index contributed by atoms with van der Waals surface area (Å²) in [5.41, 5.74) is -0.852. The van der Waals surface area contributed by atoms with Gasteiger partial charge in [-0.1, -0.05) is 11.6 Å². The van der Waals surface area contributed by atoms with Crippen LogP contribution in [0.25, 0.3) is 0 Å². The second kappa shape index (κ2) is 7.61. The van der Waals surface area contributed by atoms with Crippen molar-refractivity contribution in [2.45, 2.75) is 25.5 Å². The Morgan fingerprint density at radius 3 is 2.77 bits per heavy atom. The van der Waals surface area contributed by atoms with Crippen LogP contribution in [0.15, 0.2) is 24.3 Å². The van der Waals surface area contributed by atoms with Crippen LogP contribution >= 0.6 is 22.9 Å². The van der Waals surface area contributed by atoms with E-state index < -0.39 is 17.4 Å². The second-order valence-corrected chi connectivity index (χ2v) is 7.43. The lowest BCUT2D eigenvalue weighted by atomic mass is 9.99. The zero-order valence-electron chi connectivity index (χ0n) is 14.0. The van der Waals surface area contributed by atoms with Gasteiger partial charge >= 0.3 is 5.97 Å². The number of nitrogens with one attached hydrogen (secondary N) is 1. The molecule has 9 heteroatoms. The number of halogens is 1. The molecule has 2 N–H and O–H groups in total. The first kappa shape index (κ1) is 18.6. The fourth-order valence-corrected chi connectivity index (χ4v) is 3.56. The molecule has 3 rings (SSSR count). The number of aromatic nitrogens is 1. The van der Waals surface area contributed by atoms with Crippen molar-refractivity contribution in [1.29, 1.82) is 0 Å². The van der Waals surface area contributed by atoms with E-state index in [1.807, 2.05) is 0 Å². The number of amides is 1. The molecule has 1 aromatic carbocycles. The highest BCUT2D eigenvalue weighted by atomic mass is 35.5. The average molecular weight is 397 g/mol. The van der Waals surface area contributed by atoms with Crippen molar-refractivity contribution in [3.05, 3.63) is 44.9 Å². The van der Waals surface area contributed by atoms with Crippen LogP contribution in [-0.4, -0.2) is 40.7 Å². The first-order valence-electron chi connectivity index (χ1n) is 7.88. The summed E-state index contributed by atoms with van der Waals surface area (Å²) >= 11 is 7.01. The molecule has 138 valence electrons. The minimum atomic E-state index is -1.38. The Morgan fingerprint density at radius 1 is 1.42 bits per heavy atom. The number of rotatable bonds is 6. The van der Waals surface area contributed by atoms with Gasteiger partial charge in [-0.15, -0.1) is 11.3 Å². The highest BCUT2D eigenvalue weighted by Crippen LogP contribution is 2.24. The Bertz CT molecular complexity index is 815. The summed E-state index contributed by atoms with van der Waals surface area (Å²) < 4.78 is 10.8. The molecule has 0 bridgehead atoms. The maximum Gasteiger partial charge on any atom is 0.331 e. The minimum Gasteiger partial charge on any atom is -0.486 e. The maximum absolute atomic E-state index is 12.5. The zero-order valence-corrected chi connectivity index (χ0v) is 15.5. The Labute approximate surface area is 158 Å². The molecule has 0 aliphatic carbocycles. The monoisotopic (exact) mass is 396 g/mol. The highest BCUT2D eigenvalue weighted by Gasteiger charge is 2.44. The van der Waals surface area contributed by atoms with Gasteiger partial charge in [0.2, 0.25) is 0 Å². The number of carboxylic acid groups (broad SMARTS) is 1. The number of carboxylic acids is 1. The Balaban J connectivity index is 1.68. The number of nitrogens with zero attached hydrogens (tertiary/aromatic N) is 1. The van der Waals surface area contributed by atoms with E-state index in [0.29, 0.717) is 33.0 Å². The molecule has 26 heavy (non-hydrogen) atoms. The molecule has 1 saturated heterocycles. The quantitative estimate of drug-likeness (QED) is 0.779. The number of hydrogen-bond donors (Lipinski definition) is 2. The van der Waals surface area contributed by atoms with Crippen LogP contribution in [0, 0.1) is 6.92 Å². The molecular formula is C17H17ClN2O5S. The molecule has 1 amide bonds. The van der Waals surface area contributed by atoms with Crippen molar-refractivity contribution in [1.82, 2.24) is 10.3 Å². The second-order valence-electron chi connectivity index (χ2n) is 5.91. The molecule has 1 aromatic heterocycles. The standard InChI is InChI=1S/C17H17ClN2O5S/c1-10-14(15(21)20-17(16(22)23)6-7-24-9-17)26-13(19-10)8-25-12-4-2-11(18)3-5-12/h2-5H,6-9H2,1H3,(H,20,21)(H,22,23). The van der Waals surface area contributed by atoms with Gasteiger partial charge in [0.1, 0.15) is 22.2 Å². The van der Waals surface area contributed by atoms with Gasteiger partial charge in [0.25, 0.3) is 5.91 Å². The third-order valence-corrected chi connectivity index (χ3v) is 5.39. The molecule has 2 aromatic rings. The number of aryl methyl sites for hydroxylation is 1. The van der Waals surface area contributed by atoms with Crippen LogP contribution in [0.3, 0.4) is 0 Å². The summed E-state index contributed by atoms with van der Waals surface area (Å²) in [4.78, 5) is 28.8. The summed E-state index contributed by atoms with van der Waals surface area (Å²) in [7, 11) is 0. The molecule has 1 unspecified atom stereocenters. The predicted octanol–water partition coefficient (Wildman–Crippen LogP) is 2.66. The predicted molar refractivity (Wildman–Crippen MR) is 95.9 cm³/mol. The van der Waals surface area contributed by atoms with Gasteiger partial charge in [0.05, 0.1) is 12.3 Å². The van der Waals surface area contributed by atoms with Crippen LogP contribution in [-0.2, 0) is 16.1 Å². The summed E-state index contributed by atoms with van der Waals surface area (Å²) in [6, 6.07) is 6.93. The summed E-state index contributed by atoms with van der Waals surface area (Å²) in [5.74, 6) is -0.927. The van der Waals surface area contributed by atoms with E-state index in [9.17, 15) is 14.7 Å². The van der Waals surface area contributed by atoms with E-state index in [-0.39, 0.29) is 19.6 Å². The number of aliphatic carboxylic acids is 1. The van der Waals surface area contributed by atoms with E-state index >= 15 is 0 Å². The Hall–Kier alpha value is -2.16. The van der Waals surface area contributed by atoms with Gasteiger partial charge in [0.15, 0.2) is 5.54 Å².